The number of carboxylic acids is 1. The van der Waals surface area contributed by atoms with Gasteiger partial charge < -0.3 is 32.9 Å². The van der Waals surface area contributed by atoms with Gasteiger partial charge in [-0.05, 0) is 18.4 Å². The van der Waals surface area contributed by atoms with Gasteiger partial charge in [0.05, 0.1) is 12.6 Å². The highest BCUT2D eigenvalue weighted by Crippen LogP contribution is 2.03. The second-order valence-corrected chi connectivity index (χ2v) is 5.92. The van der Waals surface area contributed by atoms with Crippen LogP contribution in [0.5, 0.6) is 0 Å². The summed E-state index contributed by atoms with van der Waals surface area (Å²) in [6, 6.07) is 7.01. The molecule has 0 heterocycles. The third kappa shape index (κ3) is 9.21. The molecule has 1 aromatic carbocycles. The van der Waals surface area contributed by atoms with Crippen LogP contribution in [-0.2, 0) is 20.8 Å². The smallest absolute Gasteiger partial charge is 0.326 e. The van der Waals surface area contributed by atoms with Gasteiger partial charge in [0.25, 0.3) is 0 Å². The molecule has 2 amide bonds. The van der Waals surface area contributed by atoms with E-state index in [0.717, 1.165) is 5.56 Å². The Morgan fingerprint density at radius 2 is 1.81 bits per heavy atom. The topological polar surface area (TPSA) is 186 Å². The van der Waals surface area contributed by atoms with Crippen LogP contribution in [0.2, 0.25) is 0 Å². The van der Waals surface area contributed by atoms with Gasteiger partial charge in [0, 0.05) is 13.0 Å². The van der Waals surface area contributed by atoms with Gasteiger partial charge in [0.15, 0.2) is 5.96 Å². The molecule has 1 aromatic rings. The first-order valence-corrected chi connectivity index (χ1v) is 8.44. The molecule has 0 aliphatic heterocycles. The van der Waals surface area contributed by atoms with Crippen molar-refractivity contribution in [3.05, 3.63) is 35.9 Å². The summed E-state index contributed by atoms with van der Waals surface area (Å²) in [6.45, 7) is -0.0113. The number of carbonyl (C=O) groups excluding carboxylic acids is 2. The number of hydrogen-bond donors (Lipinski definition) is 6. The van der Waals surface area contributed by atoms with E-state index in [9.17, 15) is 19.5 Å². The normalized spacial score (nSPS) is 12.5. The second-order valence-electron chi connectivity index (χ2n) is 5.92. The molecular formula is C17H26N6O4. The van der Waals surface area contributed by atoms with E-state index in [2.05, 4.69) is 15.6 Å². The van der Waals surface area contributed by atoms with E-state index in [1.807, 2.05) is 6.07 Å². The number of nitrogens with zero attached hydrogens (tertiary/aromatic N) is 1. The number of rotatable bonds is 11. The van der Waals surface area contributed by atoms with E-state index >= 15 is 0 Å². The molecule has 2 atom stereocenters. The van der Waals surface area contributed by atoms with Crippen LogP contribution in [0.4, 0.5) is 0 Å². The van der Waals surface area contributed by atoms with Gasteiger partial charge in [-0.25, -0.2) is 4.79 Å². The van der Waals surface area contributed by atoms with Gasteiger partial charge in [-0.3, -0.25) is 14.6 Å². The molecule has 0 aromatic heterocycles. The average molecular weight is 378 g/mol. The van der Waals surface area contributed by atoms with Crippen molar-refractivity contribution in [1.82, 2.24) is 10.6 Å². The lowest BCUT2D eigenvalue weighted by Crippen LogP contribution is -2.49. The van der Waals surface area contributed by atoms with E-state index in [1.54, 1.807) is 24.3 Å². The quantitative estimate of drug-likeness (QED) is 0.150. The van der Waals surface area contributed by atoms with Crippen molar-refractivity contribution in [2.75, 3.05) is 13.1 Å². The monoisotopic (exact) mass is 378 g/mol. The molecule has 10 heteroatoms. The summed E-state index contributed by atoms with van der Waals surface area (Å²) >= 11 is 0. The van der Waals surface area contributed by atoms with Crippen molar-refractivity contribution in [1.29, 1.82) is 0 Å². The number of nitrogens with two attached hydrogens (primary N) is 3. The first-order chi connectivity index (χ1) is 12.8. The largest absolute Gasteiger partial charge is 0.480 e. The minimum atomic E-state index is -1.16. The first kappa shape index (κ1) is 21.9. The Labute approximate surface area is 157 Å². The molecule has 0 fully saturated rings. The third-order valence-corrected chi connectivity index (χ3v) is 3.64. The fourth-order valence-electron chi connectivity index (χ4n) is 2.24. The molecular weight excluding hydrogens is 352 g/mol. The number of benzene rings is 1. The Hall–Kier alpha value is -3.14. The van der Waals surface area contributed by atoms with Crippen LogP contribution in [0, 0.1) is 0 Å². The molecule has 0 bridgehead atoms. The minimum absolute atomic E-state index is 0.0341. The molecule has 2 unspecified atom stereocenters. The summed E-state index contributed by atoms with van der Waals surface area (Å²) in [5.41, 5.74) is 16.9. The Bertz CT molecular complexity index is 661. The summed E-state index contributed by atoms with van der Waals surface area (Å²) in [5.74, 6) is -2.31. The van der Waals surface area contributed by atoms with Gasteiger partial charge in [-0.1, -0.05) is 30.3 Å². The second kappa shape index (κ2) is 11.5. The maximum absolute atomic E-state index is 11.9. The Morgan fingerprint density at radius 3 is 2.41 bits per heavy atom. The van der Waals surface area contributed by atoms with Gasteiger partial charge >= 0.3 is 5.97 Å². The SMILES string of the molecule is NC(N)=NCCCC(N)C(=O)NCC(=O)NC(Cc1ccccc1)C(=O)O. The standard InChI is InChI=1S/C17H26N6O4/c18-12(7-4-8-21-17(19)20)15(25)22-10-14(24)23-13(16(26)27)9-11-5-2-1-3-6-11/h1-3,5-6,12-13H,4,7-10,18H2,(H,22,25)(H,23,24)(H,26,27)(H4,19,20,21). The Kier molecular flexibility index (Phi) is 9.30. The molecule has 0 radical (unpaired) electrons. The molecule has 0 saturated carbocycles. The number of amides is 2. The summed E-state index contributed by atoms with van der Waals surface area (Å²) in [7, 11) is 0. The van der Waals surface area contributed by atoms with Crippen molar-refractivity contribution >= 4 is 23.7 Å². The van der Waals surface area contributed by atoms with Crippen LogP contribution in [-0.4, -0.2) is 54.0 Å². The van der Waals surface area contributed by atoms with Crippen molar-refractivity contribution in [3.63, 3.8) is 0 Å². The summed E-state index contributed by atoms with van der Waals surface area (Å²) in [6.07, 6.45) is 0.993. The first-order valence-electron chi connectivity index (χ1n) is 8.44. The average Bonchev–Trinajstić information content (AvgIpc) is 2.63. The zero-order chi connectivity index (χ0) is 20.2. The Morgan fingerprint density at radius 1 is 1.15 bits per heavy atom. The number of nitrogens with one attached hydrogen (secondary N) is 2. The van der Waals surface area contributed by atoms with Crippen molar-refractivity contribution < 1.29 is 19.5 Å². The predicted octanol–water partition coefficient (Wildman–Crippen LogP) is -1.70. The van der Waals surface area contributed by atoms with Gasteiger partial charge in [0.2, 0.25) is 11.8 Å². The molecule has 148 valence electrons. The highest BCUT2D eigenvalue weighted by atomic mass is 16.4. The van der Waals surface area contributed by atoms with Crippen molar-refractivity contribution in [3.8, 4) is 0 Å². The molecule has 0 saturated heterocycles. The maximum atomic E-state index is 11.9. The molecule has 10 nitrogen and oxygen atoms in total. The zero-order valence-corrected chi connectivity index (χ0v) is 14.9. The van der Waals surface area contributed by atoms with Crippen LogP contribution in [0.3, 0.4) is 0 Å². The number of guanidine groups is 1. The van der Waals surface area contributed by atoms with Gasteiger partial charge in [-0.2, -0.15) is 0 Å². The number of aliphatic carboxylic acids is 1. The van der Waals surface area contributed by atoms with Crippen LogP contribution < -0.4 is 27.8 Å². The number of carbonyl (C=O) groups is 3. The van der Waals surface area contributed by atoms with E-state index in [0.29, 0.717) is 19.4 Å². The molecule has 0 aliphatic carbocycles. The predicted molar refractivity (Wildman–Crippen MR) is 101 cm³/mol. The lowest BCUT2D eigenvalue weighted by atomic mass is 10.1. The van der Waals surface area contributed by atoms with Crippen LogP contribution >= 0.6 is 0 Å². The highest BCUT2D eigenvalue weighted by Gasteiger charge is 2.21. The van der Waals surface area contributed by atoms with Gasteiger partial charge in [0.1, 0.15) is 6.04 Å². The van der Waals surface area contributed by atoms with E-state index < -0.39 is 29.9 Å². The highest BCUT2D eigenvalue weighted by molar-refractivity contribution is 5.89. The summed E-state index contributed by atoms with van der Waals surface area (Å²) < 4.78 is 0. The number of carboxylic acid groups (broad SMARTS) is 1. The fourth-order valence-corrected chi connectivity index (χ4v) is 2.24. The molecule has 0 spiro atoms. The number of aliphatic imine (C=N–C) groups is 1. The third-order valence-electron chi connectivity index (χ3n) is 3.64. The summed E-state index contributed by atoms with van der Waals surface area (Å²) in [5, 5.41) is 14.0. The molecule has 1 rings (SSSR count). The van der Waals surface area contributed by atoms with E-state index in [4.69, 9.17) is 17.2 Å². The van der Waals surface area contributed by atoms with E-state index in [1.165, 1.54) is 0 Å². The van der Waals surface area contributed by atoms with Crippen LogP contribution in [0.25, 0.3) is 0 Å². The van der Waals surface area contributed by atoms with Gasteiger partial charge in [-0.15, -0.1) is 0 Å². The van der Waals surface area contributed by atoms with Crippen LogP contribution in [0.1, 0.15) is 18.4 Å². The Balaban J connectivity index is 2.39. The maximum Gasteiger partial charge on any atom is 0.326 e. The molecule has 9 N–H and O–H groups in total. The minimum Gasteiger partial charge on any atom is -0.480 e. The van der Waals surface area contributed by atoms with Crippen molar-refractivity contribution in [2.24, 2.45) is 22.2 Å². The van der Waals surface area contributed by atoms with Crippen molar-refractivity contribution in [2.45, 2.75) is 31.3 Å². The zero-order valence-electron chi connectivity index (χ0n) is 14.9. The van der Waals surface area contributed by atoms with E-state index in [-0.39, 0.29) is 18.9 Å². The molecule has 27 heavy (non-hydrogen) atoms. The van der Waals surface area contributed by atoms with Crippen LogP contribution in [0.15, 0.2) is 35.3 Å². The lowest BCUT2D eigenvalue weighted by molar-refractivity contribution is -0.141. The number of hydrogen-bond acceptors (Lipinski definition) is 5. The lowest BCUT2D eigenvalue weighted by Gasteiger charge is -2.16. The fraction of sp³-hybridized carbons (Fsp3) is 0.412. The molecule has 0 aliphatic rings. The summed E-state index contributed by atoms with van der Waals surface area (Å²) in [4.78, 5) is 38.9.